The molecule has 0 bridgehead atoms. The Morgan fingerprint density at radius 1 is 1.14 bits per heavy atom. The summed E-state index contributed by atoms with van der Waals surface area (Å²) in [5.74, 6) is -2.17. The third-order valence-electron chi connectivity index (χ3n) is 2.65. The number of benzene rings is 2. The minimum absolute atomic E-state index is 0.113. The van der Waals surface area contributed by atoms with Crippen LogP contribution in [0.1, 0.15) is 10.4 Å². The number of carbonyl (C=O) groups is 1. The molecule has 0 atom stereocenters. The molecule has 0 spiro atoms. The number of rotatable bonds is 5. The third-order valence-corrected chi connectivity index (χ3v) is 2.65. The van der Waals surface area contributed by atoms with Crippen LogP contribution in [0.5, 0.6) is 5.75 Å². The molecule has 5 nitrogen and oxygen atoms in total. The summed E-state index contributed by atoms with van der Waals surface area (Å²) in [6.45, 7) is -0.458. The van der Waals surface area contributed by atoms with Crippen molar-refractivity contribution in [3.05, 3.63) is 69.8 Å². The molecule has 0 aliphatic heterocycles. The van der Waals surface area contributed by atoms with Crippen molar-refractivity contribution in [3.8, 4) is 5.75 Å². The molecule has 0 aromatic heterocycles. The second-order valence-electron chi connectivity index (χ2n) is 4.09. The number of non-ortho nitro benzene ring substituents is 1. The molecule has 21 heavy (non-hydrogen) atoms. The lowest BCUT2D eigenvalue weighted by atomic mass is 10.1. The first kappa shape index (κ1) is 14.6. The van der Waals surface area contributed by atoms with Crippen LogP contribution in [0.4, 0.5) is 14.5 Å². The first-order valence-corrected chi connectivity index (χ1v) is 5.83. The van der Waals surface area contributed by atoms with Gasteiger partial charge in [-0.05, 0) is 24.3 Å². The predicted octanol–water partition coefficient (Wildman–Crippen LogP) is 3.13. The van der Waals surface area contributed by atoms with E-state index in [1.807, 2.05) is 0 Å². The average molecular weight is 293 g/mol. The highest BCUT2D eigenvalue weighted by molar-refractivity contribution is 5.97. The first-order valence-electron chi connectivity index (χ1n) is 5.83. The largest absolute Gasteiger partial charge is 0.485 e. The molecule has 2 aromatic rings. The van der Waals surface area contributed by atoms with Crippen LogP contribution in [0.3, 0.4) is 0 Å². The summed E-state index contributed by atoms with van der Waals surface area (Å²) in [7, 11) is 0. The monoisotopic (exact) mass is 293 g/mol. The fraction of sp³-hybridized carbons (Fsp3) is 0.0714. The van der Waals surface area contributed by atoms with Crippen molar-refractivity contribution in [1.29, 1.82) is 0 Å². The van der Waals surface area contributed by atoms with Crippen LogP contribution < -0.4 is 4.74 Å². The lowest BCUT2D eigenvalue weighted by Crippen LogP contribution is -2.13. The van der Waals surface area contributed by atoms with E-state index in [1.165, 1.54) is 24.3 Å². The molecule has 0 aliphatic rings. The van der Waals surface area contributed by atoms with Crippen LogP contribution in [0.25, 0.3) is 0 Å². The molecule has 0 N–H and O–H groups in total. The summed E-state index contributed by atoms with van der Waals surface area (Å²) >= 11 is 0. The summed E-state index contributed by atoms with van der Waals surface area (Å²) in [6, 6.07) is 7.71. The highest BCUT2D eigenvalue weighted by Gasteiger charge is 2.13. The summed E-state index contributed by atoms with van der Waals surface area (Å²) in [5, 5.41) is 10.5. The van der Waals surface area contributed by atoms with Crippen LogP contribution >= 0.6 is 0 Å². The Hall–Kier alpha value is -2.83. The lowest BCUT2D eigenvalue weighted by molar-refractivity contribution is -0.384. The number of nitro benzene ring substituents is 1. The average Bonchev–Trinajstić information content (AvgIpc) is 2.45. The van der Waals surface area contributed by atoms with Crippen LogP contribution in [0.15, 0.2) is 42.5 Å². The second-order valence-corrected chi connectivity index (χ2v) is 4.09. The smallest absolute Gasteiger partial charge is 0.269 e. The van der Waals surface area contributed by atoms with Gasteiger partial charge >= 0.3 is 0 Å². The first-order chi connectivity index (χ1) is 9.97. The number of Topliss-reactive ketones (excluding diaryl/α,β-unsaturated/α-hetero) is 1. The van der Waals surface area contributed by atoms with Crippen molar-refractivity contribution in [3.63, 3.8) is 0 Å². The molecule has 0 saturated carbocycles. The minimum Gasteiger partial charge on any atom is -0.485 e. The van der Waals surface area contributed by atoms with E-state index in [9.17, 15) is 23.7 Å². The summed E-state index contributed by atoms with van der Waals surface area (Å²) in [5.41, 5.74) is -0.392. The van der Waals surface area contributed by atoms with Gasteiger partial charge in [-0.1, -0.05) is 0 Å². The molecule has 2 aromatic carbocycles. The van der Waals surface area contributed by atoms with Gasteiger partial charge in [-0.15, -0.1) is 0 Å². The zero-order valence-corrected chi connectivity index (χ0v) is 10.6. The van der Waals surface area contributed by atoms with Crippen LogP contribution in [-0.4, -0.2) is 17.3 Å². The molecule has 0 aliphatic carbocycles. The number of carbonyl (C=O) groups excluding carboxylic acids is 1. The zero-order chi connectivity index (χ0) is 15.4. The van der Waals surface area contributed by atoms with Crippen LogP contribution in [-0.2, 0) is 0 Å². The molecule has 7 heteroatoms. The standard InChI is InChI=1S/C14H9F2NO4/c15-9-1-6-12(13(16)7-9)14(18)8-21-11-4-2-10(3-5-11)17(19)20/h1-7H,8H2. The van der Waals surface area contributed by atoms with Crippen molar-refractivity contribution in [2.45, 2.75) is 0 Å². The van der Waals surface area contributed by atoms with Crippen LogP contribution in [0, 0.1) is 21.7 Å². The van der Waals surface area contributed by atoms with Crippen molar-refractivity contribution in [2.75, 3.05) is 6.61 Å². The summed E-state index contributed by atoms with van der Waals surface area (Å²) < 4.78 is 31.2. The number of hydrogen-bond acceptors (Lipinski definition) is 4. The van der Waals surface area contributed by atoms with E-state index >= 15 is 0 Å². The van der Waals surface area contributed by atoms with E-state index in [0.29, 0.717) is 6.07 Å². The van der Waals surface area contributed by atoms with Crippen molar-refractivity contribution >= 4 is 11.5 Å². The molecule has 108 valence electrons. The molecule has 0 fully saturated rings. The van der Waals surface area contributed by atoms with Gasteiger partial charge in [0.2, 0.25) is 5.78 Å². The van der Waals surface area contributed by atoms with Gasteiger partial charge in [-0.25, -0.2) is 8.78 Å². The molecule has 0 radical (unpaired) electrons. The van der Waals surface area contributed by atoms with E-state index in [1.54, 1.807) is 0 Å². The van der Waals surface area contributed by atoms with E-state index in [-0.39, 0.29) is 17.0 Å². The zero-order valence-electron chi connectivity index (χ0n) is 10.6. The third kappa shape index (κ3) is 3.59. The Bertz CT molecular complexity index is 686. The fourth-order valence-electron chi connectivity index (χ4n) is 1.61. The number of ether oxygens (including phenoxy) is 1. The van der Waals surface area contributed by atoms with E-state index in [0.717, 1.165) is 12.1 Å². The maximum Gasteiger partial charge on any atom is 0.269 e. The van der Waals surface area contributed by atoms with Gasteiger partial charge in [-0.2, -0.15) is 0 Å². The van der Waals surface area contributed by atoms with E-state index in [2.05, 4.69) is 0 Å². The number of halogens is 2. The lowest BCUT2D eigenvalue weighted by Gasteiger charge is -2.06. The van der Waals surface area contributed by atoms with Gasteiger partial charge in [0.1, 0.15) is 17.4 Å². The van der Waals surface area contributed by atoms with Gasteiger partial charge < -0.3 is 4.74 Å². The molecular formula is C14H9F2NO4. The van der Waals surface area contributed by atoms with Gasteiger partial charge in [0.15, 0.2) is 6.61 Å². The van der Waals surface area contributed by atoms with Crippen molar-refractivity contribution in [1.82, 2.24) is 0 Å². The Morgan fingerprint density at radius 2 is 1.81 bits per heavy atom. The maximum absolute atomic E-state index is 13.4. The molecule has 0 amide bonds. The highest BCUT2D eigenvalue weighted by atomic mass is 19.1. The van der Waals surface area contributed by atoms with Gasteiger partial charge in [0.25, 0.3) is 5.69 Å². The van der Waals surface area contributed by atoms with E-state index < -0.39 is 28.9 Å². The summed E-state index contributed by atoms with van der Waals surface area (Å²) in [4.78, 5) is 21.6. The molecule has 0 saturated heterocycles. The van der Waals surface area contributed by atoms with E-state index in [4.69, 9.17) is 4.74 Å². The number of hydrogen-bond donors (Lipinski definition) is 0. The summed E-state index contributed by atoms with van der Waals surface area (Å²) in [6.07, 6.45) is 0. The minimum atomic E-state index is -0.965. The number of nitrogens with zero attached hydrogens (tertiary/aromatic N) is 1. The van der Waals surface area contributed by atoms with Crippen LogP contribution in [0.2, 0.25) is 0 Å². The Kier molecular flexibility index (Phi) is 4.22. The van der Waals surface area contributed by atoms with Gasteiger partial charge in [0, 0.05) is 18.2 Å². The Labute approximate surface area is 117 Å². The second kappa shape index (κ2) is 6.08. The topological polar surface area (TPSA) is 69.4 Å². The molecule has 0 heterocycles. The van der Waals surface area contributed by atoms with Crippen molar-refractivity contribution in [2.24, 2.45) is 0 Å². The molecule has 0 unspecified atom stereocenters. The number of ketones is 1. The fourth-order valence-corrected chi connectivity index (χ4v) is 1.61. The van der Waals surface area contributed by atoms with Crippen molar-refractivity contribution < 1.29 is 23.2 Å². The maximum atomic E-state index is 13.4. The normalized spacial score (nSPS) is 10.2. The highest BCUT2D eigenvalue weighted by Crippen LogP contribution is 2.18. The Morgan fingerprint density at radius 3 is 2.38 bits per heavy atom. The van der Waals surface area contributed by atoms with Gasteiger partial charge in [0.05, 0.1) is 10.5 Å². The molecule has 2 rings (SSSR count). The Balaban J connectivity index is 2.02. The quantitative estimate of drug-likeness (QED) is 0.482. The number of nitro groups is 1. The predicted molar refractivity (Wildman–Crippen MR) is 69.3 cm³/mol. The molecular weight excluding hydrogens is 284 g/mol. The van der Waals surface area contributed by atoms with Gasteiger partial charge in [-0.3, -0.25) is 14.9 Å². The SMILES string of the molecule is O=C(COc1ccc([N+](=O)[O-])cc1)c1ccc(F)cc1F.